The lowest BCUT2D eigenvalue weighted by Crippen LogP contribution is -2.42. The summed E-state index contributed by atoms with van der Waals surface area (Å²) in [7, 11) is 0. The average molecular weight is 398 g/mol. The third kappa shape index (κ3) is 4.96. The van der Waals surface area contributed by atoms with Crippen LogP contribution in [0.3, 0.4) is 0 Å². The number of benzene rings is 1. The van der Waals surface area contributed by atoms with E-state index in [1.165, 1.54) is 0 Å². The molecule has 0 aliphatic carbocycles. The second-order valence-electron chi connectivity index (χ2n) is 6.62. The molecule has 2 saturated heterocycles. The Hall–Kier alpha value is -2.72. The first-order chi connectivity index (χ1) is 13.6. The minimum absolute atomic E-state index is 0.166. The van der Waals surface area contributed by atoms with Crippen molar-refractivity contribution in [1.29, 1.82) is 0 Å². The predicted octanol–water partition coefficient (Wildman–Crippen LogP) is 3.14. The number of carbonyl (C=O) groups excluding carboxylic acids is 3. The van der Waals surface area contributed by atoms with Crippen molar-refractivity contribution in [2.24, 2.45) is 0 Å². The van der Waals surface area contributed by atoms with Gasteiger partial charge in [0.2, 0.25) is 5.91 Å². The van der Waals surface area contributed by atoms with Crippen molar-refractivity contribution >= 4 is 34.9 Å². The van der Waals surface area contributed by atoms with E-state index in [9.17, 15) is 14.4 Å². The van der Waals surface area contributed by atoms with Crippen LogP contribution in [-0.2, 0) is 9.59 Å². The summed E-state index contributed by atoms with van der Waals surface area (Å²) in [5.74, 6) is 2.43. The highest BCUT2D eigenvalue weighted by atomic mass is 32.2. The van der Waals surface area contributed by atoms with Gasteiger partial charge in [0.25, 0.3) is 11.1 Å². The molecule has 2 heterocycles. The molecule has 7 heteroatoms. The molecule has 146 valence electrons. The molecule has 0 aromatic heterocycles. The highest BCUT2D eigenvalue weighted by Crippen LogP contribution is 2.32. The summed E-state index contributed by atoms with van der Waals surface area (Å²) < 4.78 is 5.31. The molecule has 0 unspecified atom stereocenters. The van der Waals surface area contributed by atoms with Crippen LogP contribution in [0.25, 0.3) is 6.08 Å². The molecule has 28 heavy (non-hydrogen) atoms. The molecule has 1 aromatic rings. The molecule has 0 bridgehead atoms. The smallest absolute Gasteiger partial charge is 0.294 e. The Bertz CT molecular complexity index is 818. The molecule has 6 nitrogen and oxygen atoms in total. The zero-order valence-electron chi connectivity index (χ0n) is 15.6. The number of rotatable bonds is 5. The quantitative estimate of drug-likeness (QED) is 0.563. The molecule has 0 radical (unpaired) electrons. The van der Waals surface area contributed by atoms with Crippen molar-refractivity contribution in [3.63, 3.8) is 0 Å². The predicted molar refractivity (Wildman–Crippen MR) is 108 cm³/mol. The van der Waals surface area contributed by atoms with Gasteiger partial charge < -0.3 is 9.64 Å². The number of carbonyl (C=O) groups is 3. The molecule has 0 spiro atoms. The molecule has 3 rings (SSSR count). The summed E-state index contributed by atoms with van der Waals surface area (Å²) in [5.41, 5.74) is 0.761. The minimum atomic E-state index is -0.425. The van der Waals surface area contributed by atoms with Crippen molar-refractivity contribution in [2.75, 3.05) is 26.2 Å². The molecular weight excluding hydrogens is 376 g/mol. The van der Waals surface area contributed by atoms with E-state index in [0.717, 1.165) is 47.9 Å². The van der Waals surface area contributed by atoms with Crippen LogP contribution in [0.1, 0.15) is 31.2 Å². The maximum absolute atomic E-state index is 12.6. The molecule has 2 aliphatic rings. The Morgan fingerprint density at radius 2 is 1.82 bits per heavy atom. The molecule has 0 N–H and O–H groups in total. The maximum Gasteiger partial charge on any atom is 0.294 e. The van der Waals surface area contributed by atoms with Gasteiger partial charge in [-0.1, -0.05) is 30.9 Å². The highest BCUT2D eigenvalue weighted by Gasteiger charge is 2.37. The summed E-state index contributed by atoms with van der Waals surface area (Å²) in [6, 6.07) is 7.05. The van der Waals surface area contributed by atoms with Crippen LogP contribution in [0.4, 0.5) is 4.79 Å². The Kier molecular flexibility index (Phi) is 6.77. The Morgan fingerprint density at radius 3 is 2.46 bits per heavy atom. The maximum atomic E-state index is 12.6. The number of hydrogen-bond donors (Lipinski definition) is 0. The molecular formula is C21H22N2O4S. The lowest BCUT2D eigenvalue weighted by atomic mass is 10.2. The number of thioether (sulfide) groups is 1. The van der Waals surface area contributed by atoms with Crippen LogP contribution in [0, 0.1) is 12.3 Å². The van der Waals surface area contributed by atoms with Crippen LogP contribution < -0.4 is 4.74 Å². The Morgan fingerprint density at radius 1 is 1.14 bits per heavy atom. The van der Waals surface area contributed by atoms with Gasteiger partial charge in [0.15, 0.2) is 0 Å². The lowest BCUT2D eigenvalue weighted by molar-refractivity contribution is -0.135. The van der Waals surface area contributed by atoms with Crippen molar-refractivity contribution < 1.29 is 19.1 Å². The zero-order valence-corrected chi connectivity index (χ0v) is 16.4. The zero-order chi connectivity index (χ0) is 19.9. The summed E-state index contributed by atoms with van der Waals surface area (Å²) >= 11 is 0.857. The first kappa shape index (κ1) is 20.0. The Balaban J connectivity index is 1.64. The number of hydrogen-bond acceptors (Lipinski definition) is 5. The second kappa shape index (κ2) is 9.47. The van der Waals surface area contributed by atoms with Crippen molar-refractivity contribution in [3.05, 3.63) is 34.7 Å². The molecule has 0 saturated carbocycles. The summed E-state index contributed by atoms with van der Waals surface area (Å²) in [5, 5.41) is -0.409. The van der Waals surface area contributed by atoms with E-state index < -0.39 is 11.1 Å². The fourth-order valence-corrected chi connectivity index (χ4v) is 3.97. The molecule has 0 atom stereocenters. The molecule has 1 aromatic carbocycles. The van der Waals surface area contributed by atoms with Crippen LogP contribution in [0.5, 0.6) is 5.75 Å². The van der Waals surface area contributed by atoms with Crippen LogP contribution >= 0.6 is 11.8 Å². The van der Waals surface area contributed by atoms with Gasteiger partial charge in [-0.15, -0.1) is 6.42 Å². The van der Waals surface area contributed by atoms with Gasteiger partial charge in [0.1, 0.15) is 18.9 Å². The first-order valence-corrected chi connectivity index (χ1v) is 10.1. The van der Waals surface area contributed by atoms with Gasteiger partial charge >= 0.3 is 0 Å². The lowest BCUT2D eigenvalue weighted by Gasteiger charge is -2.22. The van der Waals surface area contributed by atoms with Crippen LogP contribution in [0.15, 0.2) is 29.2 Å². The minimum Gasteiger partial charge on any atom is -0.481 e. The number of amides is 3. The van der Waals surface area contributed by atoms with Crippen LogP contribution in [-0.4, -0.2) is 53.1 Å². The van der Waals surface area contributed by atoms with Gasteiger partial charge in [-0.05, 0) is 48.4 Å². The van der Waals surface area contributed by atoms with Crippen LogP contribution in [0.2, 0.25) is 0 Å². The highest BCUT2D eigenvalue weighted by molar-refractivity contribution is 8.18. The largest absolute Gasteiger partial charge is 0.481 e. The number of nitrogens with zero attached hydrogens (tertiary/aromatic N) is 2. The van der Waals surface area contributed by atoms with Crippen molar-refractivity contribution in [2.45, 2.75) is 25.7 Å². The Labute approximate surface area is 168 Å². The topological polar surface area (TPSA) is 66.9 Å². The molecule has 3 amide bonds. The number of ether oxygens (including phenoxy) is 1. The van der Waals surface area contributed by atoms with E-state index in [4.69, 9.17) is 11.2 Å². The summed E-state index contributed by atoms with van der Waals surface area (Å²) in [4.78, 5) is 40.5. The average Bonchev–Trinajstić information content (AvgIpc) is 2.90. The van der Waals surface area contributed by atoms with E-state index >= 15 is 0 Å². The fourth-order valence-electron chi connectivity index (χ4n) is 3.13. The second-order valence-corrected chi connectivity index (χ2v) is 7.62. The number of imide groups is 1. The van der Waals surface area contributed by atoms with Gasteiger partial charge in [-0.25, -0.2) is 0 Å². The third-order valence-electron chi connectivity index (χ3n) is 4.63. The SMILES string of the molecule is C#CCOc1ccc(/C=C2\SC(=O)N(CC(=O)N3CCCCCC3)C2=O)cc1. The third-order valence-corrected chi connectivity index (χ3v) is 5.53. The van der Waals surface area contributed by atoms with Gasteiger partial charge in [0, 0.05) is 13.1 Å². The van der Waals surface area contributed by atoms with Gasteiger partial charge in [-0.3, -0.25) is 19.3 Å². The normalized spacial score (nSPS) is 18.9. The monoisotopic (exact) mass is 398 g/mol. The van der Waals surface area contributed by atoms with E-state index in [1.807, 2.05) is 0 Å². The first-order valence-electron chi connectivity index (χ1n) is 9.28. The van der Waals surface area contributed by atoms with Gasteiger partial charge in [-0.2, -0.15) is 0 Å². The number of likely N-dealkylation sites (tertiary alicyclic amines) is 1. The van der Waals surface area contributed by atoms with Gasteiger partial charge in [0.05, 0.1) is 4.91 Å². The fraction of sp³-hybridized carbons (Fsp3) is 0.381. The van der Waals surface area contributed by atoms with E-state index in [-0.39, 0.29) is 19.1 Å². The summed E-state index contributed by atoms with van der Waals surface area (Å²) in [6.45, 7) is 1.38. The standard InChI is InChI=1S/C21H22N2O4S/c1-2-13-27-17-9-7-16(8-10-17)14-18-20(25)23(21(26)28-18)15-19(24)22-11-5-3-4-6-12-22/h1,7-10,14H,3-6,11-13,15H2/b18-14-. The number of terminal acetylenes is 1. The summed E-state index contributed by atoms with van der Waals surface area (Å²) in [6.07, 6.45) is 11.0. The van der Waals surface area contributed by atoms with E-state index in [0.29, 0.717) is 23.7 Å². The van der Waals surface area contributed by atoms with E-state index in [1.54, 1.807) is 35.2 Å². The van der Waals surface area contributed by atoms with Crippen molar-refractivity contribution in [3.8, 4) is 18.1 Å². The molecule has 2 fully saturated rings. The molecule has 2 aliphatic heterocycles. The van der Waals surface area contributed by atoms with E-state index in [2.05, 4.69) is 5.92 Å². The van der Waals surface area contributed by atoms with Crippen molar-refractivity contribution in [1.82, 2.24) is 9.80 Å².